The highest BCUT2D eigenvalue weighted by Crippen LogP contribution is 2.14. The first-order valence-corrected chi connectivity index (χ1v) is 6.28. The predicted molar refractivity (Wildman–Crippen MR) is 66.4 cm³/mol. The second-order valence-corrected chi connectivity index (χ2v) is 4.66. The van der Waals surface area contributed by atoms with Crippen molar-refractivity contribution in [1.82, 2.24) is 20.7 Å². The number of rotatable bonds is 4. The number of aromatic nitrogens is 3. The first-order valence-electron chi connectivity index (χ1n) is 5.47. The minimum atomic E-state index is -0.345. The van der Waals surface area contributed by atoms with Gasteiger partial charge in [0.1, 0.15) is 5.01 Å². The van der Waals surface area contributed by atoms with Crippen molar-refractivity contribution in [2.45, 2.75) is 26.8 Å². The fourth-order valence-electron chi connectivity index (χ4n) is 1.26. The van der Waals surface area contributed by atoms with Crippen molar-refractivity contribution >= 4 is 22.5 Å². The highest BCUT2D eigenvalue weighted by atomic mass is 32.1. The lowest BCUT2D eigenvalue weighted by atomic mass is 10.4. The third-order valence-corrected chi connectivity index (χ3v) is 3.07. The van der Waals surface area contributed by atoms with E-state index in [0.29, 0.717) is 10.9 Å². The maximum Gasteiger partial charge on any atom is 0.321 e. The monoisotopic (exact) mass is 267 g/mol. The molecule has 0 aliphatic carbocycles. The van der Waals surface area contributed by atoms with Gasteiger partial charge < -0.3 is 9.84 Å². The smallest absolute Gasteiger partial charge is 0.321 e. The van der Waals surface area contributed by atoms with Gasteiger partial charge in [-0.05, 0) is 13.3 Å². The molecule has 0 aliphatic heterocycles. The SMILES string of the molecule is CCc1nnc(NC(=O)NCc2cc(C)no2)s1. The Morgan fingerprint density at radius 1 is 1.50 bits per heavy atom. The van der Waals surface area contributed by atoms with Crippen LogP contribution in [0.15, 0.2) is 10.6 Å². The van der Waals surface area contributed by atoms with Crippen molar-refractivity contribution in [3.8, 4) is 0 Å². The van der Waals surface area contributed by atoms with Crippen LogP contribution in [0.1, 0.15) is 23.4 Å². The molecule has 2 amide bonds. The van der Waals surface area contributed by atoms with Crippen molar-refractivity contribution in [1.29, 1.82) is 0 Å². The minimum Gasteiger partial charge on any atom is -0.359 e. The lowest BCUT2D eigenvalue weighted by molar-refractivity contribution is 0.250. The molecule has 0 aliphatic rings. The molecule has 0 fully saturated rings. The number of hydrogen-bond donors (Lipinski definition) is 2. The second kappa shape index (κ2) is 5.58. The van der Waals surface area contributed by atoms with Gasteiger partial charge in [0.15, 0.2) is 5.76 Å². The number of aryl methyl sites for hydroxylation is 2. The molecule has 0 saturated heterocycles. The van der Waals surface area contributed by atoms with E-state index in [0.717, 1.165) is 17.1 Å². The van der Waals surface area contributed by atoms with Gasteiger partial charge in [-0.2, -0.15) is 0 Å². The van der Waals surface area contributed by atoms with E-state index < -0.39 is 0 Å². The zero-order chi connectivity index (χ0) is 13.0. The summed E-state index contributed by atoms with van der Waals surface area (Å²) in [7, 11) is 0. The highest BCUT2D eigenvalue weighted by molar-refractivity contribution is 7.15. The van der Waals surface area contributed by atoms with Crippen molar-refractivity contribution in [2.24, 2.45) is 0 Å². The molecule has 2 heterocycles. The molecular formula is C10H13N5O2S. The van der Waals surface area contributed by atoms with E-state index in [1.54, 1.807) is 6.07 Å². The van der Waals surface area contributed by atoms with E-state index in [9.17, 15) is 4.79 Å². The zero-order valence-electron chi connectivity index (χ0n) is 10.1. The van der Waals surface area contributed by atoms with E-state index in [1.165, 1.54) is 11.3 Å². The molecule has 18 heavy (non-hydrogen) atoms. The number of nitrogens with zero attached hydrogens (tertiary/aromatic N) is 3. The largest absolute Gasteiger partial charge is 0.359 e. The van der Waals surface area contributed by atoms with E-state index >= 15 is 0 Å². The van der Waals surface area contributed by atoms with E-state index in [2.05, 4.69) is 26.0 Å². The van der Waals surface area contributed by atoms with Gasteiger partial charge in [-0.15, -0.1) is 10.2 Å². The molecule has 0 bridgehead atoms. The average Bonchev–Trinajstić information content (AvgIpc) is 2.95. The van der Waals surface area contributed by atoms with Crippen molar-refractivity contribution < 1.29 is 9.32 Å². The molecule has 2 N–H and O–H groups in total. The van der Waals surface area contributed by atoms with Crippen molar-refractivity contribution in [3.63, 3.8) is 0 Å². The second-order valence-electron chi connectivity index (χ2n) is 3.60. The Hall–Kier alpha value is -1.96. The summed E-state index contributed by atoms with van der Waals surface area (Å²) in [5, 5.41) is 18.1. The molecule has 0 spiro atoms. The Morgan fingerprint density at radius 2 is 2.33 bits per heavy atom. The van der Waals surface area contributed by atoms with Gasteiger partial charge in [0, 0.05) is 6.07 Å². The summed E-state index contributed by atoms with van der Waals surface area (Å²) in [6.45, 7) is 4.09. The van der Waals surface area contributed by atoms with Crippen LogP contribution in [0.4, 0.5) is 9.93 Å². The molecule has 8 heteroatoms. The summed E-state index contributed by atoms with van der Waals surface area (Å²) in [5.74, 6) is 0.606. The van der Waals surface area contributed by atoms with Gasteiger partial charge in [0.05, 0.1) is 12.2 Å². The molecule has 0 aromatic carbocycles. The maximum atomic E-state index is 11.5. The number of amides is 2. The molecule has 0 saturated carbocycles. The van der Waals surface area contributed by atoms with E-state index in [1.807, 2.05) is 13.8 Å². The number of anilines is 1. The fourth-order valence-corrected chi connectivity index (χ4v) is 1.93. The molecule has 2 aromatic rings. The van der Waals surface area contributed by atoms with Crippen LogP contribution in [-0.4, -0.2) is 21.4 Å². The van der Waals surface area contributed by atoms with Gasteiger partial charge in [0.2, 0.25) is 5.13 Å². The molecule has 2 aromatic heterocycles. The molecule has 2 rings (SSSR count). The molecule has 96 valence electrons. The molecule has 0 unspecified atom stereocenters. The number of urea groups is 1. The normalized spacial score (nSPS) is 10.3. The van der Waals surface area contributed by atoms with Gasteiger partial charge in [-0.3, -0.25) is 5.32 Å². The van der Waals surface area contributed by atoms with Crippen LogP contribution in [0.5, 0.6) is 0 Å². The summed E-state index contributed by atoms with van der Waals surface area (Å²) in [6, 6.07) is 1.42. The number of hydrogen-bond acceptors (Lipinski definition) is 6. The quantitative estimate of drug-likeness (QED) is 0.879. The molecule has 7 nitrogen and oxygen atoms in total. The van der Waals surface area contributed by atoms with Crippen LogP contribution >= 0.6 is 11.3 Å². The standard InChI is InChI=1S/C10H13N5O2S/c1-3-8-13-14-10(18-8)12-9(16)11-5-7-4-6(2)15-17-7/h4H,3,5H2,1-2H3,(H2,11,12,14,16). The molecular weight excluding hydrogens is 254 g/mol. The van der Waals surface area contributed by atoms with E-state index in [4.69, 9.17) is 4.52 Å². The molecule has 0 radical (unpaired) electrons. The first-order chi connectivity index (χ1) is 8.67. The summed E-state index contributed by atoms with van der Waals surface area (Å²) < 4.78 is 4.97. The zero-order valence-corrected chi connectivity index (χ0v) is 10.9. The summed E-state index contributed by atoms with van der Waals surface area (Å²) in [6.07, 6.45) is 0.804. The van der Waals surface area contributed by atoms with Crippen LogP contribution in [0.25, 0.3) is 0 Å². The highest BCUT2D eigenvalue weighted by Gasteiger charge is 2.08. The third kappa shape index (κ3) is 3.27. The Balaban J connectivity index is 1.81. The Bertz CT molecular complexity index is 536. The summed E-state index contributed by atoms with van der Waals surface area (Å²) in [4.78, 5) is 11.5. The van der Waals surface area contributed by atoms with Gasteiger partial charge in [0.25, 0.3) is 0 Å². The maximum absolute atomic E-state index is 11.5. The van der Waals surface area contributed by atoms with Crippen LogP contribution < -0.4 is 10.6 Å². The Kier molecular flexibility index (Phi) is 3.88. The van der Waals surface area contributed by atoms with Crippen molar-refractivity contribution in [3.05, 3.63) is 22.5 Å². The van der Waals surface area contributed by atoms with Crippen molar-refractivity contribution in [2.75, 3.05) is 5.32 Å². The third-order valence-electron chi connectivity index (χ3n) is 2.09. The fraction of sp³-hybridized carbons (Fsp3) is 0.400. The lowest BCUT2D eigenvalue weighted by Crippen LogP contribution is -2.27. The number of carbonyl (C=O) groups is 1. The Morgan fingerprint density at radius 3 is 2.94 bits per heavy atom. The number of nitrogens with one attached hydrogen (secondary N) is 2. The van der Waals surface area contributed by atoms with Crippen LogP contribution in [0, 0.1) is 6.92 Å². The van der Waals surface area contributed by atoms with Crippen LogP contribution in [0.3, 0.4) is 0 Å². The topological polar surface area (TPSA) is 92.9 Å². The van der Waals surface area contributed by atoms with Gasteiger partial charge in [-0.25, -0.2) is 4.79 Å². The minimum absolute atomic E-state index is 0.284. The van der Waals surface area contributed by atoms with Gasteiger partial charge >= 0.3 is 6.03 Å². The Labute approximate surface area is 108 Å². The van der Waals surface area contributed by atoms with Gasteiger partial charge in [-0.1, -0.05) is 23.4 Å². The summed E-state index contributed by atoms with van der Waals surface area (Å²) in [5.41, 5.74) is 0.781. The lowest BCUT2D eigenvalue weighted by Gasteiger charge is -2.01. The average molecular weight is 267 g/mol. The van der Waals surface area contributed by atoms with Crippen LogP contribution in [-0.2, 0) is 13.0 Å². The number of carbonyl (C=O) groups excluding carboxylic acids is 1. The van der Waals surface area contributed by atoms with Crippen LogP contribution in [0.2, 0.25) is 0 Å². The predicted octanol–water partition coefficient (Wildman–Crippen LogP) is 1.72. The summed E-state index contributed by atoms with van der Waals surface area (Å²) >= 11 is 1.36. The van der Waals surface area contributed by atoms with E-state index in [-0.39, 0.29) is 12.6 Å². The first kappa shape index (κ1) is 12.5. The molecule has 0 atom stereocenters.